The Labute approximate surface area is 205 Å². The van der Waals surface area contributed by atoms with E-state index in [1.54, 1.807) is 0 Å². The number of carbonyl (C=O) groups is 1. The van der Waals surface area contributed by atoms with Gasteiger partial charge in [-0.15, -0.1) is 0 Å². The van der Waals surface area contributed by atoms with E-state index in [4.69, 9.17) is 16.3 Å². The molecule has 1 amide bonds. The summed E-state index contributed by atoms with van der Waals surface area (Å²) in [6.45, 7) is 0.567. The Bertz CT molecular complexity index is 1500. The number of carbonyl (C=O) groups excluding carboxylic acids is 1. The maximum atomic E-state index is 12.9. The Morgan fingerprint density at radius 3 is 2.63 bits per heavy atom. The van der Waals surface area contributed by atoms with E-state index in [1.165, 1.54) is 31.4 Å². The van der Waals surface area contributed by atoms with Crippen LogP contribution in [-0.2, 0) is 11.3 Å². The number of fused-ring (bicyclic) bond motifs is 1. The highest BCUT2D eigenvalue weighted by atomic mass is 35.5. The van der Waals surface area contributed by atoms with E-state index in [0.29, 0.717) is 17.1 Å². The number of amides is 1. The van der Waals surface area contributed by atoms with E-state index in [-0.39, 0.29) is 22.7 Å². The van der Waals surface area contributed by atoms with Gasteiger partial charge in [-0.05, 0) is 42.0 Å². The van der Waals surface area contributed by atoms with E-state index in [1.807, 2.05) is 65.4 Å². The molecular formula is C26H19ClN4O4. The monoisotopic (exact) mass is 486 g/mol. The number of hydrogen-bond acceptors (Lipinski definition) is 5. The molecule has 1 aromatic heterocycles. The number of ether oxygens (including phenoxy) is 1. The minimum Gasteiger partial charge on any atom is -0.496 e. The van der Waals surface area contributed by atoms with Gasteiger partial charge in [0.05, 0.1) is 18.1 Å². The van der Waals surface area contributed by atoms with E-state index in [0.717, 1.165) is 16.5 Å². The van der Waals surface area contributed by atoms with Crippen LogP contribution < -0.4 is 10.1 Å². The molecule has 1 heterocycles. The second-order valence-corrected chi connectivity index (χ2v) is 8.06. The third-order valence-corrected chi connectivity index (χ3v) is 5.65. The number of aromatic nitrogens is 1. The molecular weight excluding hydrogens is 468 g/mol. The van der Waals surface area contributed by atoms with Gasteiger partial charge in [-0.1, -0.05) is 41.9 Å². The van der Waals surface area contributed by atoms with Crippen molar-refractivity contribution >= 4 is 45.9 Å². The number of methoxy groups -OCH3 is 1. The first-order valence-electron chi connectivity index (χ1n) is 10.5. The number of nitrogens with one attached hydrogen (secondary N) is 1. The zero-order valence-electron chi connectivity index (χ0n) is 18.6. The molecule has 0 fully saturated rings. The van der Waals surface area contributed by atoms with Gasteiger partial charge in [0, 0.05) is 34.2 Å². The van der Waals surface area contributed by atoms with E-state index < -0.39 is 10.8 Å². The van der Waals surface area contributed by atoms with Crippen LogP contribution in [0.4, 0.5) is 11.4 Å². The molecule has 9 heteroatoms. The molecule has 0 saturated carbocycles. The highest BCUT2D eigenvalue weighted by molar-refractivity contribution is 6.30. The Morgan fingerprint density at radius 2 is 1.94 bits per heavy atom. The van der Waals surface area contributed by atoms with Gasteiger partial charge in [-0.2, -0.15) is 5.26 Å². The van der Waals surface area contributed by atoms with Crippen molar-refractivity contribution in [2.75, 3.05) is 12.4 Å². The van der Waals surface area contributed by atoms with Gasteiger partial charge in [0.2, 0.25) is 0 Å². The molecule has 0 atom stereocenters. The van der Waals surface area contributed by atoms with Crippen molar-refractivity contribution in [1.29, 1.82) is 5.26 Å². The molecule has 1 N–H and O–H groups in total. The predicted molar refractivity (Wildman–Crippen MR) is 134 cm³/mol. The van der Waals surface area contributed by atoms with E-state index >= 15 is 0 Å². The Balaban J connectivity index is 1.67. The molecule has 0 saturated heterocycles. The van der Waals surface area contributed by atoms with Crippen LogP contribution in [0.15, 0.2) is 78.5 Å². The number of halogens is 1. The number of para-hydroxylation sites is 1. The first-order chi connectivity index (χ1) is 16.9. The molecule has 174 valence electrons. The normalized spacial score (nSPS) is 11.2. The van der Waals surface area contributed by atoms with Crippen LogP contribution >= 0.6 is 11.6 Å². The average molecular weight is 487 g/mol. The molecule has 0 aliphatic heterocycles. The molecule has 35 heavy (non-hydrogen) atoms. The Hall–Kier alpha value is -4.61. The van der Waals surface area contributed by atoms with Gasteiger partial charge in [0.25, 0.3) is 11.6 Å². The summed E-state index contributed by atoms with van der Waals surface area (Å²) < 4.78 is 7.03. The molecule has 4 aromatic rings. The topological polar surface area (TPSA) is 110 Å². The van der Waals surface area contributed by atoms with Gasteiger partial charge in [-0.3, -0.25) is 14.9 Å². The SMILES string of the molecule is COc1ccc(NC(=O)C(C#N)=Cc2cn(Cc3ccc(Cl)cc3)c3ccccc23)c([N+](=O)[O-])c1. The van der Waals surface area contributed by atoms with Gasteiger partial charge >= 0.3 is 0 Å². The molecule has 0 radical (unpaired) electrons. The molecule has 4 rings (SSSR count). The second-order valence-electron chi connectivity index (χ2n) is 7.62. The molecule has 0 aliphatic rings. The molecule has 3 aromatic carbocycles. The second kappa shape index (κ2) is 10.1. The van der Waals surface area contributed by atoms with Crippen molar-refractivity contribution in [2.24, 2.45) is 0 Å². The first-order valence-corrected chi connectivity index (χ1v) is 10.9. The maximum absolute atomic E-state index is 12.9. The van der Waals surface area contributed by atoms with Crippen LogP contribution in [0.25, 0.3) is 17.0 Å². The standard InChI is InChI=1S/C26H19ClN4O4/c1-35-21-10-11-23(25(13-21)31(33)34)29-26(32)18(14-28)12-19-16-30(24-5-3-2-4-22(19)24)15-17-6-8-20(27)9-7-17/h2-13,16H,15H2,1H3,(H,29,32). The lowest BCUT2D eigenvalue weighted by molar-refractivity contribution is -0.384. The lowest BCUT2D eigenvalue weighted by Crippen LogP contribution is -2.14. The highest BCUT2D eigenvalue weighted by Crippen LogP contribution is 2.30. The lowest BCUT2D eigenvalue weighted by atomic mass is 10.1. The molecule has 0 unspecified atom stereocenters. The predicted octanol–water partition coefficient (Wildman–Crippen LogP) is 5.81. The summed E-state index contributed by atoms with van der Waals surface area (Å²) in [5.74, 6) is -0.477. The summed E-state index contributed by atoms with van der Waals surface area (Å²) in [5.41, 5.74) is 2.07. The molecule has 8 nitrogen and oxygen atoms in total. The maximum Gasteiger partial charge on any atom is 0.296 e. The number of rotatable bonds is 7. The Morgan fingerprint density at radius 1 is 1.20 bits per heavy atom. The highest BCUT2D eigenvalue weighted by Gasteiger charge is 2.20. The van der Waals surface area contributed by atoms with Crippen molar-refractivity contribution in [2.45, 2.75) is 6.54 Å². The number of nitriles is 1. The van der Waals surface area contributed by atoms with Crippen LogP contribution in [0.5, 0.6) is 5.75 Å². The third kappa shape index (κ3) is 5.16. The van der Waals surface area contributed by atoms with Crippen molar-refractivity contribution in [3.63, 3.8) is 0 Å². The van der Waals surface area contributed by atoms with Crippen molar-refractivity contribution in [3.8, 4) is 11.8 Å². The summed E-state index contributed by atoms with van der Waals surface area (Å²) >= 11 is 5.99. The summed E-state index contributed by atoms with van der Waals surface area (Å²) in [6.07, 6.45) is 3.34. The van der Waals surface area contributed by atoms with Crippen LogP contribution in [0, 0.1) is 21.4 Å². The number of nitrogens with zero attached hydrogens (tertiary/aromatic N) is 3. The van der Waals surface area contributed by atoms with Crippen LogP contribution in [0.3, 0.4) is 0 Å². The van der Waals surface area contributed by atoms with Gasteiger partial charge in [0.1, 0.15) is 23.1 Å². The van der Waals surface area contributed by atoms with Gasteiger partial charge in [0.15, 0.2) is 0 Å². The summed E-state index contributed by atoms with van der Waals surface area (Å²) in [4.78, 5) is 23.7. The zero-order valence-corrected chi connectivity index (χ0v) is 19.3. The smallest absolute Gasteiger partial charge is 0.296 e. The van der Waals surface area contributed by atoms with Crippen LogP contribution in [0.2, 0.25) is 5.02 Å². The average Bonchev–Trinajstić information content (AvgIpc) is 3.21. The summed E-state index contributed by atoms with van der Waals surface area (Å²) in [6, 6.07) is 21.1. The third-order valence-electron chi connectivity index (χ3n) is 5.40. The number of hydrogen-bond donors (Lipinski definition) is 1. The largest absolute Gasteiger partial charge is 0.496 e. The zero-order chi connectivity index (χ0) is 24.9. The minimum absolute atomic E-state index is 0.0351. The number of nitro groups is 1. The fourth-order valence-electron chi connectivity index (χ4n) is 3.70. The number of benzene rings is 3. The Kier molecular flexibility index (Phi) is 6.81. The quantitative estimate of drug-likeness (QED) is 0.153. The van der Waals surface area contributed by atoms with Crippen LogP contribution in [-0.4, -0.2) is 22.5 Å². The molecule has 0 bridgehead atoms. The van der Waals surface area contributed by atoms with E-state index in [2.05, 4.69) is 5.32 Å². The van der Waals surface area contributed by atoms with Gasteiger partial charge in [-0.25, -0.2) is 0 Å². The fraction of sp³-hybridized carbons (Fsp3) is 0.0769. The summed E-state index contributed by atoms with van der Waals surface area (Å²) in [7, 11) is 1.39. The minimum atomic E-state index is -0.754. The summed E-state index contributed by atoms with van der Waals surface area (Å²) in [5, 5.41) is 25.1. The fourth-order valence-corrected chi connectivity index (χ4v) is 3.82. The molecule has 0 spiro atoms. The van der Waals surface area contributed by atoms with Crippen molar-refractivity contribution in [3.05, 3.63) is 105 Å². The number of nitro benzene ring substituents is 1. The van der Waals surface area contributed by atoms with Crippen molar-refractivity contribution < 1.29 is 14.5 Å². The number of anilines is 1. The first kappa shape index (κ1) is 23.5. The van der Waals surface area contributed by atoms with E-state index in [9.17, 15) is 20.2 Å². The van der Waals surface area contributed by atoms with Crippen molar-refractivity contribution in [1.82, 2.24) is 4.57 Å². The van der Waals surface area contributed by atoms with Crippen LogP contribution in [0.1, 0.15) is 11.1 Å². The lowest BCUT2D eigenvalue weighted by Gasteiger charge is -2.07. The molecule has 0 aliphatic carbocycles. The van der Waals surface area contributed by atoms with Gasteiger partial charge < -0.3 is 14.6 Å².